The smallest absolute Gasteiger partial charge is 0.235 e. The number of nitrogens with one attached hydrogen (secondary N) is 1. The lowest BCUT2D eigenvalue weighted by Crippen LogP contribution is -2.25. The molecular weight excluding hydrogens is 296 g/mol. The number of rotatable bonds is 6. The number of benzene rings is 1. The van der Waals surface area contributed by atoms with Gasteiger partial charge >= 0.3 is 0 Å². The van der Waals surface area contributed by atoms with Gasteiger partial charge < -0.3 is 10.5 Å². The molecule has 0 heterocycles. The predicted molar refractivity (Wildman–Crippen MR) is 83.5 cm³/mol. The topological polar surface area (TPSA) is 81.4 Å². The zero-order valence-corrected chi connectivity index (χ0v) is 12.7. The second kappa shape index (κ2) is 6.41. The molecule has 0 bridgehead atoms. The lowest BCUT2D eigenvalue weighted by atomic mass is 10.3. The summed E-state index contributed by atoms with van der Waals surface area (Å²) < 4.78 is 32.3. The first-order chi connectivity index (χ1) is 9.47. The third kappa shape index (κ3) is 4.08. The number of thiocarbonyl (C=S) groups is 1. The van der Waals surface area contributed by atoms with Crippen LogP contribution >= 0.6 is 12.2 Å². The Hall–Kier alpha value is -1.34. The highest BCUT2D eigenvalue weighted by Crippen LogP contribution is 2.27. The van der Waals surface area contributed by atoms with Crippen LogP contribution in [0.15, 0.2) is 24.3 Å². The number of ether oxygens (including phenoxy) is 1. The van der Waals surface area contributed by atoms with Gasteiger partial charge in [0, 0.05) is 6.07 Å². The molecule has 1 aliphatic rings. The summed E-state index contributed by atoms with van der Waals surface area (Å²) in [6.45, 7) is 0.133. The van der Waals surface area contributed by atoms with Crippen molar-refractivity contribution in [2.24, 2.45) is 5.73 Å². The van der Waals surface area contributed by atoms with E-state index in [4.69, 9.17) is 22.7 Å². The first-order valence-corrected chi connectivity index (χ1v) is 8.45. The Morgan fingerprint density at radius 1 is 1.40 bits per heavy atom. The average Bonchev–Trinajstić information content (AvgIpc) is 2.91. The van der Waals surface area contributed by atoms with Crippen molar-refractivity contribution in [1.29, 1.82) is 0 Å². The maximum absolute atomic E-state index is 12.2. The highest BCUT2D eigenvalue weighted by atomic mass is 32.2. The largest absolute Gasteiger partial charge is 0.486 e. The van der Waals surface area contributed by atoms with Crippen LogP contribution in [0.1, 0.15) is 25.7 Å². The van der Waals surface area contributed by atoms with Crippen LogP contribution in [0.4, 0.5) is 5.69 Å². The molecule has 7 heteroatoms. The molecule has 5 nitrogen and oxygen atoms in total. The summed E-state index contributed by atoms with van der Waals surface area (Å²) in [4.78, 5) is 0.252. The highest BCUT2D eigenvalue weighted by Gasteiger charge is 2.28. The van der Waals surface area contributed by atoms with Gasteiger partial charge in [0.2, 0.25) is 10.0 Å². The summed E-state index contributed by atoms with van der Waals surface area (Å²) in [5.74, 6) is 0.532. The van der Waals surface area contributed by atoms with E-state index in [0.29, 0.717) is 11.4 Å². The van der Waals surface area contributed by atoms with Gasteiger partial charge in [0.25, 0.3) is 0 Å². The van der Waals surface area contributed by atoms with Crippen LogP contribution < -0.4 is 15.2 Å². The first kappa shape index (κ1) is 15.1. The SMILES string of the molecule is NC(=S)COc1cccc(NS(=O)(=O)C2CCCC2)c1. The number of hydrogen-bond donors (Lipinski definition) is 2. The Bertz CT molecular complexity index is 581. The van der Waals surface area contributed by atoms with E-state index < -0.39 is 10.0 Å². The van der Waals surface area contributed by atoms with Gasteiger partial charge in [-0.15, -0.1) is 0 Å². The summed E-state index contributed by atoms with van der Waals surface area (Å²) >= 11 is 4.73. The number of nitrogens with two attached hydrogens (primary N) is 1. The summed E-state index contributed by atoms with van der Waals surface area (Å²) in [6.07, 6.45) is 3.41. The van der Waals surface area contributed by atoms with Crippen LogP contribution in [0.25, 0.3) is 0 Å². The molecule has 1 aliphatic carbocycles. The highest BCUT2D eigenvalue weighted by molar-refractivity contribution is 7.93. The van der Waals surface area contributed by atoms with Crippen molar-refractivity contribution in [2.45, 2.75) is 30.9 Å². The molecule has 0 aromatic heterocycles. The van der Waals surface area contributed by atoms with E-state index in [1.807, 2.05) is 0 Å². The Morgan fingerprint density at radius 2 is 2.10 bits per heavy atom. The fourth-order valence-corrected chi connectivity index (χ4v) is 3.89. The molecule has 1 saturated carbocycles. The van der Waals surface area contributed by atoms with Gasteiger partial charge in [0.05, 0.1) is 10.9 Å². The Kier molecular flexibility index (Phi) is 4.82. The van der Waals surface area contributed by atoms with Gasteiger partial charge in [-0.3, -0.25) is 4.72 Å². The summed E-state index contributed by atoms with van der Waals surface area (Å²) in [5.41, 5.74) is 5.86. The van der Waals surface area contributed by atoms with E-state index in [-0.39, 0.29) is 16.8 Å². The Morgan fingerprint density at radius 3 is 2.75 bits per heavy atom. The summed E-state index contributed by atoms with van der Waals surface area (Å²) in [5, 5.41) is -0.288. The molecule has 0 radical (unpaired) electrons. The Labute approximate surface area is 124 Å². The standard InChI is InChI=1S/C13H18N2O3S2/c14-13(19)9-18-11-5-3-4-10(8-11)15-20(16,17)12-6-1-2-7-12/h3-5,8,12,15H,1-2,6-7,9H2,(H2,14,19). The van der Waals surface area contributed by atoms with Crippen LogP contribution in [0.2, 0.25) is 0 Å². The fourth-order valence-electron chi connectivity index (χ4n) is 2.25. The van der Waals surface area contributed by atoms with Crippen LogP contribution in [-0.2, 0) is 10.0 Å². The molecule has 20 heavy (non-hydrogen) atoms. The monoisotopic (exact) mass is 314 g/mol. The van der Waals surface area contributed by atoms with E-state index in [2.05, 4.69) is 4.72 Å². The fraction of sp³-hybridized carbons (Fsp3) is 0.462. The molecule has 1 aromatic carbocycles. The Balaban J connectivity index is 2.05. The second-order valence-corrected chi connectivity index (χ2v) is 7.32. The van der Waals surface area contributed by atoms with Crippen molar-refractivity contribution < 1.29 is 13.2 Å². The molecule has 0 saturated heterocycles. The molecule has 3 N–H and O–H groups in total. The lowest BCUT2D eigenvalue weighted by Gasteiger charge is -2.14. The quantitative estimate of drug-likeness (QED) is 0.785. The molecular formula is C13H18N2O3S2. The van der Waals surface area contributed by atoms with E-state index in [1.165, 1.54) is 0 Å². The molecule has 1 fully saturated rings. The van der Waals surface area contributed by atoms with Crippen molar-refractivity contribution in [3.8, 4) is 5.75 Å². The third-order valence-electron chi connectivity index (χ3n) is 3.22. The van der Waals surface area contributed by atoms with Gasteiger partial charge in [0.15, 0.2) is 0 Å². The lowest BCUT2D eigenvalue weighted by molar-refractivity contribution is 0.378. The van der Waals surface area contributed by atoms with E-state index >= 15 is 0 Å². The van der Waals surface area contributed by atoms with Crippen LogP contribution in [-0.4, -0.2) is 25.3 Å². The average molecular weight is 314 g/mol. The van der Waals surface area contributed by atoms with Crippen LogP contribution in [0.5, 0.6) is 5.75 Å². The zero-order valence-electron chi connectivity index (χ0n) is 11.0. The maximum atomic E-state index is 12.2. The molecule has 110 valence electrons. The number of hydrogen-bond acceptors (Lipinski definition) is 4. The summed E-state index contributed by atoms with van der Waals surface area (Å²) in [6, 6.07) is 6.78. The van der Waals surface area contributed by atoms with E-state index in [1.54, 1.807) is 24.3 Å². The minimum absolute atomic E-state index is 0.133. The molecule has 2 rings (SSSR count). The van der Waals surface area contributed by atoms with Crippen LogP contribution in [0, 0.1) is 0 Å². The van der Waals surface area contributed by atoms with Crippen molar-refractivity contribution >= 4 is 32.9 Å². The minimum Gasteiger partial charge on any atom is -0.486 e. The van der Waals surface area contributed by atoms with Crippen LogP contribution in [0.3, 0.4) is 0 Å². The maximum Gasteiger partial charge on any atom is 0.235 e. The normalized spacial score (nSPS) is 16.0. The molecule has 0 aliphatic heterocycles. The van der Waals surface area contributed by atoms with Crippen molar-refractivity contribution in [2.75, 3.05) is 11.3 Å². The van der Waals surface area contributed by atoms with Gasteiger partial charge in [-0.25, -0.2) is 8.42 Å². The summed E-state index contributed by atoms with van der Waals surface area (Å²) in [7, 11) is -3.32. The van der Waals surface area contributed by atoms with E-state index in [0.717, 1.165) is 25.7 Å². The van der Waals surface area contributed by atoms with E-state index in [9.17, 15) is 8.42 Å². The van der Waals surface area contributed by atoms with Gasteiger partial charge in [-0.05, 0) is 25.0 Å². The van der Waals surface area contributed by atoms with Gasteiger partial charge in [-0.2, -0.15) is 0 Å². The van der Waals surface area contributed by atoms with Crippen molar-refractivity contribution in [3.05, 3.63) is 24.3 Å². The van der Waals surface area contributed by atoms with Gasteiger partial charge in [-0.1, -0.05) is 31.1 Å². The predicted octanol–water partition coefficient (Wildman–Crippen LogP) is 2.04. The third-order valence-corrected chi connectivity index (χ3v) is 5.20. The molecule has 0 spiro atoms. The van der Waals surface area contributed by atoms with Crippen molar-refractivity contribution in [3.63, 3.8) is 0 Å². The number of sulfonamides is 1. The van der Waals surface area contributed by atoms with Crippen molar-refractivity contribution in [1.82, 2.24) is 0 Å². The zero-order chi connectivity index (χ0) is 14.6. The minimum atomic E-state index is -3.32. The molecule has 0 atom stereocenters. The molecule has 0 unspecified atom stereocenters. The first-order valence-electron chi connectivity index (χ1n) is 6.50. The number of anilines is 1. The molecule has 0 amide bonds. The second-order valence-electron chi connectivity index (χ2n) is 4.84. The molecule has 1 aromatic rings. The van der Waals surface area contributed by atoms with Gasteiger partial charge in [0.1, 0.15) is 17.3 Å².